The van der Waals surface area contributed by atoms with Crippen molar-refractivity contribution in [2.45, 2.75) is 96.8 Å². The molecule has 1 aliphatic carbocycles. The van der Waals surface area contributed by atoms with E-state index in [1.165, 1.54) is 5.56 Å². The van der Waals surface area contributed by atoms with Gasteiger partial charge in [0.25, 0.3) is 0 Å². The van der Waals surface area contributed by atoms with Gasteiger partial charge in [-0.3, -0.25) is 4.79 Å². The number of aliphatic carboxylic acids is 1. The molecular weight excluding hydrogens is 410 g/mol. The molecule has 178 valence electrons. The molecule has 0 aliphatic heterocycles. The van der Waals surface area contributed by atoms with E-state index < -0.39 is 29.3 Å². The van der Waals surface area contributed by atoms with Gasteiger partial charge in [0.15, 0.2) is 0 Å². The van der Waals surface area contributed by atoms with Crippen molar-refractivity contribution in [1.29, 1.82) is 0 Å². The van der Waals surface area contributed by atoms with Crippen molar-refractivity contribution in [2.24, 2.45) is 5.92 Å². The Bertz CT molecular complexity index is 795. The first-order valence-corrected chi connectivity index (χ1v) is 11.3. The van der Waals surface area contributed by atoms with E-state index in [0.717, 1.165) is 31.2 Å². The average Bonchev–Trinajstić information content (AvgIpc) is 2.65. The average molecular weight is 448 g/mol. The van der Waals surface area contributed by atoms with Crippen LogP contribution in [0.3, 0.4) is 0 Å². The van der Waals surface area contributed by atoms with Crippen molar-refractivity contribution in [1.82, 2.24) is 5.32 Å². The second-order valence-electron chi connectivity index (χ2n) is 10.6. The maximum absolute atomic E-state index is 12.3. The van der Waals surface area contributed by atoms with Crippen LogP contribution in [-0.4, -0.2) is 40.4 Å². The third-order valence-corrected chi connectivity index (χ3v) is 5.35. The summed E-state index contributed by atoms with van der Waals surface area (Å²) in [6.45, 7) is 10.8. The maximum Gasteiger partial charge on any atom is 0.408 e. The second kappa shape index (κ2) is 10.4. The first-order valence-electron chi connectivity index (χ1n) is 11.3. The SMILES string of the molecule is CC(C)(C)OC(=O)N[C@@H](Cc1ccc(C2CCC(C(=O)OC(C)(C)C)CC2)cc1)C(=O)O. The Hall–Kier alpha value is -2.57. The quantitative estimate of drug-likeness (QED) is 0.606. The van der Waals surface area contributed by atoms with E-state index >= 15 is 0 Å². The molecule has 0 aromatic heterocycles. The van der Waals surface area contributed by atoms with Crippen LogP contribution in [0.2, 0.25) is 0 Å². The fourth-order valence-corrected chi connectivity index (χ4v) is 3.86. The summed E-state index contributed by atoms with van der Waals surface area (Å²) in [4.78, 5) is 35.8. The minimum atomic E-state index is -1.11. The van der Waals surface area contributed by atoms with Crippen LogP contribution in [0.1, 0.15) is 84.3 Å². The van der Waals surface area contributed by atoms with Gasteiger partial charge in [-0.1, -0.05) is 24.3 Å². The first kappa shape index (κ1) is 25.7. The van der Waals surface area contributed by atoms with Gasteiger partial charge in [0, 0.05) is 6.42 Å². The summed E-state index contributed by atoms with van der Waals surface area (Å²) in [5.74, 6) is -0.887. The van der Waals surface area contributed by atoms with Crippen LogP contribution in [-0.2, 0) is 25.5 Å². The van der Waals surface area contributed by atoms with Gasteiger partial charge < -0.3 is 19.9 Å². The molecule has 32 heavy (non-hydrogen) atoms. The summed E-state index contributed by atoms with van der Waals surface area (Å²) in [7, 11) is 0. The molecule has 0 spiro atoms. The molecule has 7 heteroatoms. The van der Waals surface area contributed by atoms with Gasteiger partial charge >= 0.3 is 18.0 Å². The molecular formula is C25H37NO6. The van der Waals surface area contributed by atoms with Crippen molar-refractivity contribution in [2.75, 3.05) is 0 Å². The molecule has 0 heterocycles. The fourth-order valence-electron chi connectivity index (χ4n) is 3.86. The number of hydrogen-bond donors (Lipinski definition) is 2. The molecule has 1 aromatic carbocycles. The van der Waals surface area contributed by atoms with Crippen LogP contribution >= 0.6 is 0 Å². The van der Waals surface area contributed by atoms with Crippen LogP contribution in [0.4, 0.5) is 4.79 Å². The molecule has 7 nitrogen and oxygen atoms in total. The number of alkyl carbamates (subject to hydrolysis) is 1. The molecule has 1 aliphatic rings. The summed E-state index contributed by atoms with van der Waals surface area (Å²) in [6, 6.07) is 6.77. The standard InChI is InChI=1S/C25H37NO6/c1-24(2,3)31-22(29)19-13-11-18(12-14-19)17-9-7-16(8-10-17)15-20(21(27)28)26-23(30)32-25(4,5)6/h7-10,18-20H,11-15H2,1-6H3,(H,26,30)(H,27,28)/t18?,19?,20-/m0/s1. The highest BCUT2D eigenvalue weighted by atomic mass is 16.6. The molecule has 1 saturated carbocycles. The third-order valence-electron chi connectivity index (χ3n) is 5.35. The van der Waals surface area contributed by atoms with Crippen molar-refractivity contribution in [3.63, 3.8) is 0 Å². The van der Waals surface area contributed by atoms with Gasteiger partial charge in [-0.25, -0.2) is 9.59 Å². The number of rotatable bonds is 6. The number of carbonyl (C=O) groups is 3. The van der Waals surface area contributed by atoms with Gasteiger partial charge in [-0.2, -0.15) is 0 Å². The Morgan fingerprint density at radius 1 is 0.938 bits per heavy atom. The molecule has 0 saturated heterocycles. The number of amides is 1. The molecule has 0 radical (unpaired) electrons. The second-order valence-corrected chi connectivity index (χ2v) is 10.6. The number of ether oxygens (including phenoxy) is 2. The Morgan fingerprint density at radius 2 is 1.47 bits per heavy atom. The predicted molar refractivity (Wildman–Crippen MR) is 121 cm³/mol. The van der Waals surface area contributed by atoms with Gasteiger partial charge in [0.05, 0.1) is 5.92 Å². The van der Waals surface area contributed by atoms with Crippen LogP contribution in [0, 0.1) is 5.92 Å². The molecule has 1 amide bonds. The van der Waals surface area contributed by atoms with E-state index in [1.807, 2.05) is 45.0 Å². The lowest BCUT2D eigenvalue weighted by Gasteiger charge is -2.30. The van der Waals surface area contributed by atoms with Crippen molar-refractivity contribution < 1.29 is 29.0 Å². The normalized spacial score (nSPS) is 20.2. The number of nitrogens with one attached hydrogen (secondary N) is 1. The fraction of sp³-hybridized carbons (Fsp3) is 0.640. The number of carboxylic acids is 1. The van der Waals surface area contributed by atoms with E-state index in [9.17, 15) is 19.5 Å². The van der Waals surface area contributed by atoms with Gasteiger partial charge in [-0.15, -0.1) is 0 Å². The third kappa shape index (κ3) is 8.52. The number of benzene rings is 1. The maximum atomic E-state index is 12.3. The number of esters is 1. The first-order chi connectivity index (χ1) is 14.7. The smallest absolute Gasteiger partial charge is 0.408 e. The molecule has 2 rings (SSSR count). The van der Waals surface area contributed by atoms with Crippen molar-refractivity contribution in [3.8, 4) is 0 Å². The highest BCUT2D eigenvalue weighted by molar-refractivity contribution is 5.80. The number of carbonyl (C=O) groups excluding carboxylic acids is 2. The summed E-state index contributed by atoms with van der Waals surface area (Å²) in [5.41, 5.74) is 0.843. The zero-order valence-corrected chi connectivity index (χ0v) is 20.1. The molecule has 0 bridgehead atoms. The lowest BCUT2D eigenvalue weighted by Crippen LogP contribution is -2.44. The Kier molecular flexibility index (Phi) is 8.32. The Morgan fingerprint density at radius 3 is 1.94 bits per heavy atom. The van der Waals surface area contributed by atoms with E-state index in [4.69, 9.17) is 9.47 Å². The monoisotopic (exact) mass is 447 g/mol. The Balaban J connectivity index is 1.92. The summed E-state index contributed by atoms with van der Waals surface area (Å²) < 4.78 is 10.7. The highest BCUT2D eigenvalue weighted by Gasteiger charge is 2.30. The van der Waals surface area contributed by atoms with Crippen molar-refractivity contribution in [3.05, 3.63) is 35.4 Å². The highest BCUT2D eigenvalue weighted by Crippen LogP contribution is 2.36. The predicted octanol–water partition coefficient (Wildman–Crippen LogP) is 4.82. The zero-order chi connectivity index (χ0) is 24.1. The van der Waals surface area contributed by atoms with Crippen LogP contribution in [0.5, 0.6) is 0 Å². The number of carboxylic acid groups (broad SMARTS) is 1. The largest absolute Gasteiger partial charge is 0.480 e. The number of hydrogen-bond acceptors (Lipinski definition) is 5. The van der Waals surface area contributed by atoms with E-state index in [0.29, 0.717) is 5.92 Å². The minimum Gasteiger partial charge on any atom is -0.480 e. The van der Waals surface area contributed by atoms with E-state index in [-0.39, 0.29) is 18.3 Å². The zero-order valence-electron chi connectivity index (χ0n) is 20.1. The molecule has 1 fully saturated rings. The van der Waals surface area contributed by atoms with E-state index in [1.54, 1.807) is 20.8 Å². The van der Waals surface area contributed by atoms with Gasteiger partial charge in [-0.05, 0) is 84.3 Å². The van der Waals surface area contributed by atoms with Crippen LogP contribution < -0.4 is 5.32 Å². The molecule has 0 unspecified atom stereocenters. The van der Waals surface area contributed by atoms with Crippen molar-refractivity contribution >= 4 is 18.0 Å². The molecule has 1 atom stereocenters. The van der Waals surface area contributed by atoms with E-state index in [2.05, 4.69) is 5.32 Å². The van der Waals surface area contributed by atoms with Gasteiger partial charge in [0.1, 0.15) is 17.2 Å². The lowest BCUT2D eigenvalue weighted by molar-refractivity contribution is -0.161. The summed E-state index contributed by atoms with van der Waals surface area (Å²) in [5, 5.41) is 11.9. The molecule has 2 N–H and O–H groups in total. The van der Waals surface area contributed by atoms with Gasteiger partial charge in [0.2, 0.25) is 0 Å². The van der Waals surface area contributed by atoms with Crippen LogP contribution in [0.15, 0.2) is 24.3 Å². The lowest BCUT2D eigenvalue weighted by atomic mass is 9.78. The topological polar surface area (TPSA) is 102 Å². The molecule has 1 aromatic rings. The van der Waals surface area contributed by atoms with Crippen LogP contribution in [0.25, 0.3) is 0 Å². The summed E-state index contributed by atoms with van der Waals surface area (Å²) in [6.07, 6.45) is 2.87. The Labute approximate surface area is 190 Å². The minimum absolute atomic E-state index is 0.0417. The summed E-state index contributed by atoms with van der Waals surface area (Å²) >= 11 is 0.